The first-order valence-corrected chi connectivity index (χ1v) is 7.99. The Hall–Kier alpha value is -2.81. The van der Waals surface area contributed by atoms with Crippen molar-refractivity contribution in [3.63, 3.8) is 0 Å². The topological polar surface area (TPSA) is 31.2 Å². The van der Waals surface area contributed by atoms with Crippen LogP contribution in [0.15, 0.2) is 60.7 Å². The van der Waals surface area contributed by atoms with Gasteiger partial charge in [-0.05, 0) is 43.2 Å². The van der Waals surface area contributed by atoms with Crippen LogP contribution in [0.5, 0.6) is 5.75 Å². The Bertz CT molecular complexity index is 863. The molecule has 122 valence electrons. The first-order valence-electron chi connectivity index (χ1n) is 7.99. The summed E-state index contributed by atoms with van der Waals surface area (Å²) in [6.07, 6.45) is 0. The van der Waals surface area contributed by atoms with Gasteiger partial charge in [-0.1, -0.05) is 42.5 Å². The van der Waals surface area contributed by atoms with Gasteiger partial charge in [-0.25, -0.2) is 0 Å². The minimum absolute atomic E-state index is 0.0917. The molecule has 3 heteroatoms. The monoisotopic (exact) mass is 319 g/mol. The van der Waals surface area contributed by atoms with E-state index >= 15 is 0 Å². The summed E-state index contributed by atoms with van der Waals surface area (Å²) in [6, 6.07) is 20.2. The molecule has 24 heavy (non-hydrogen) atoms. The van der Waals surface area contributed by atoms with Crippen LogP contribution in [0.25, 0.3) is 11.3 Å². The summed E-state index contributed by atoms with van der Waals surface area (Å²) in [4.78, 5) is 12.0. The standard InChI is InChI=1S/C21H21NO2/c1-15-20(16(2)23)13-21(18-9-5-4-6-10-18)22(15)14-17-8-7-11-19(12-17)24-3/h4-13H,14H2,1-3H3. The van der Waals surface area contributed by atoms with Gasteiger partial charge in [0.15, 0.2) is 5.78 Å². The van der Waals surface area contributed by atoms with Crippen LogP contribution in [0.2, 0.25) is 0 Å². The lowest BCUT2D eigenvalue weighted by Gasteiger charge is -2.13. The predicted molar refractivity (Wildman–Crippen MR) is 96.7 cm³/mol. The van der Waals surface area contributed by atoms with Crippen LogP contribution in [0.1, 0.15) is 28.5 Å². The van der Waals surface area contributed by atoms with E-state index in [-0.39, 0.29) is 5.78 Å². The van der Waals surface area contributed by atoms with Crippen LogP contribution < -0.4 is 4.74 Å². The zero-order valence-corrected chi connectivity index (χ0v) is 14.2. The summed E-state index contributed by atoms with van der Waals surface area (Å²) in [5, 5.41) is 0. The molecular weight excluding hydrogens is 298 g/mol. The highest BCUT2D eigenvalue weighted by Crippen LogP contribution is 2.27. The Morgan fingerprint density at radius 2 is 1.79 bits per heavy atom. The van der Waals surface area contributed by atoms with Crippen molar-refractivity contribution in [1.29, 1.82) is 0 Å². The number of rotatable bonds is 5. The molecule has 0 N–H and O–H groups in total. The second-order valence-electron chi connectivity index (χ2n) is 5.89. The Balaban J connectivity index is 2.09. The van der Waals surface area contributed by atoms with Crippen LogP contribution in [-0.2, 0) is 6.54 Å². The highest BCUT2D eigenvalue weighted by Gasteiger charge is 2.16. The molecule has 1 heterocycles. The third-order valence-corrected chi connectivity index (χ3v) is 4.29. The van der Waals surface area contributed by atoms with E-state index in [2.05, 4.69) is 22.8 Å². The van der Waals surface area contributed by atoms with Gasteiger partial charge in [-0.2, -0.15) is 0 Å². The van der Waals surface area contributed by atoms with Gasteiger partial charge >= 0.3 is 0 Å². The van der Waals surface area contributed by atoms with Gasteiger partial charge in [0.1, 0.15) is 5.75 Å². The summed E-state index contributed by atoms with van der Waals surface area (Å²) >= 11 is 0. The van der Waals surface area contributed by atoms with Crippen molar-refractivity contribution in [1.82, 2.24) is 4.57 Å². The maximum atomic E-state index is 12.0. The van der Waals surface area contributed by atoms with Crippen molar-refractivity contribution in [2.45, 2.75) is 20.4 Å². The quantitative estimate of drug-likeness (QED) is 0.637. The number of hydrogen-bond donors (Lipinski definition) is 0. The molecule has 0 spiro atoms. The maximum Gasteiger partial charge on any atom is 0.161 e. The lowest BCUT2D eigenvalue weighted by Crippen LogP contribution is -2.05. The van der Waals surface area contributed by atoms with Crippen LogP contribution in [0, 0.1) is 6.92 Å². The first-order chi connectivity index (χ1) is 11.6. The molecule has 0 fully saturated rings. The minimum atomic E-state index is 0.0917. The molecule has 0 saturated carbocycles. The SMILES string of the molecule is COc1cccc(Cn2c(-c3ccccc3)cc(C(C)=O)c2C)c1. The number of benzene rings is 2. The first kappa shape index (κ1) is 16.1. The zero-order chi connectivity index (χ0) is 17.1. The van der Waals surface area contributed by atoms with E-state index in [0.29, 0.717) is 6.54 Å². The van der Waals surface area contributed by atoms with Crippen molar-refractivity contribution >= 4 is 5.78 Å². The molecule has 1 aromatic heterocycles. The molecule has 0 atom stereocenters. The van der Waals surface area contributed by atoms with Gasteiger partial charge in [0.05, 0.1) is 7.11 Å². The molecule has 0 unspecified atom stereocenters. The smallest absolute Gasteiger partial charge is 0.161 e. The average Bonchev–Trinajstić information content (AvgIpc) is 2.93. The third-order valence-electron chi connectivity index (χ3n) is 4.29. The van der Waals surface area contributed by atoms with Gasteiger partial charge < -0.3 is 9.30 Å². The number of aromatic nitrogens is 1. The summed E-state index contributed by atoms with van der Waals surface area (Å²) in [6.45, 7) is 4.32. The fourth-order valence-corrected chi connectivity index (χ4v) is 3.01. The molecule has 0 aliphatic carbocycles. The van der Waals surface area contributed by atoms with Gasteiger partial charge in [0.25, 0.3) is 0 Å². The fourth-order valence-electron chi connectivity index (χ4n) is 3.01. The predicted octanol–water partition coefficient (Wildman–Crippen LogP) is 4.72. The number of hydrogen-bond acceptors (Lipinski definition) is 2. The molecule has 0 radical (unpaired) electrons. The Labute approximate surface area is 142 Å². The largest absolute Gasteiger partial charge is 0.497 e. The summed E-state index contributed by atoms with van der Waals surface area (Å²) in [7, 11) is 1.67. The minimum Gasteiger partial charge on any atom is -0.497 e. The molecule has 3 nitrogen and oxygen atoms in total. The molecule has 3 aromatic rings. The van der Waals surface area contributed by atoms with E-state index < -0.39 is 0 Å². The van der Waals surface area contributed by atoms with E-state index in [1.807, 2.05) is 49.4 Å². The second kappa shape index (κ2) is 6.75. The highest BCUT2D eigenvalue weighted by molar-refractivity contribution is 5.96. The van der Waals surface area contributed by atoms with Crippen molar-refractivity contribution in [2.75, 3.05) is 7.11 Å². The second-order valence-corrected chi connectivity index (χ2v) is 5.89. The van der Waals surface area contributed by atoms with Gasteiger partial charge in [0, 0.05) is 23.5 Å². The lowest BCUT2D eigenvalue weighted by molar-refractivity contribution is 0.101. The molecule has 0 aliphatic rings. The van der Waals surface area contributed by atoms with E-state index in [0.717, 1.165) is 33.8 Å². The molecule has 0 amide bonds. The van der Waals surface area contributed by atoms with E-state index in [9.17, 15) is 4.79 Å². The lowest BCUT2D eigenvalue weighted by atomic mass is 10.1. The Kier molecular flexibility index (Phi) is 4.52. The Morgan fingerprint density at radius 3 is 2.46 bits per heavy atom. The summed E-state index contributed by atoms with van der Waals surface area (Å²) in [5.41, 5.74) is 5.07. The van der Waals surface area contributed by atoms with Crippen molar-refractivity contribution < 1.29 is 9.53 Å². The molecule has 2 aromatic carbocycles. The van der Waals surface area contributed by atoms with Gasteiger partial charge in [0.2, 0.25) is 0 Å². The summed E-state index contributed by atoms with van der Waals surface area (Å²) < 4.78 is 7.51. The maximum absolute atomic E-state index is 12.0. The zero-order valence-electron chi connectivity index (χ0n) is 14.2. The van der Waals surface area contributed by atoms with Gasteiger partial charge in [-0.15, -0.1) is 0 Å². The van der Waals surface area contributed by atoms with Crippen LogP contribution in [0.3, 0.4) is 0 Å². The number of methoxy groups -OCH3 is 1. The van der Waals surface area contributed by atoms with E-state index in [1.165, 1.54) is 0 Å². The number of nitrogens with zero attached hydrogens (tertiary/aromatic N) is 1. The molecular formula is C21H21NO2. The van der Waals surface area contributed by atoms with Crippen molar-refractivity contribution in [3.05, 3.63) is 77.5 Å². The fraction of sp³-hybridized carbons (Fsp3) is 0.190. The van der Waals surface area contributed by atoms with Crippen molar-refractivity contribution in [2.24, 2.45) is 0 Å². The number of carbonyl (C=O) groups excluding carboxylic acids is 1. The third kappa shape index (κ3) is 3.11. The normalized spacial score (nSPS) is 10.6. The number of ketones is 1. The molecule has 0 saturated heterocycles. The van der Waals surface area contributed by atoms with Crippen molar-refractivity contribution in [3.8, 4) is 17.0 Å². The molecule has 0 aliphatic heterocycles. The average molecular weight is 319 g/mol. The van der Waals surface area contributed by atoms with E-state index in [1.54, 1.807) is 14.0 Å². The van der Waals surface area contributed by atoms with Crippen LogP contribution >= 0.6 is 0 Å². The van der Waals surface area contributed by atoms with Crippen LogP contribution in [-0.4, -0.2) is 17.5 Å². The molecule has 0 bridgehead atoms. The number of ether oxygens (including phenoxy) is 1. The number of carbonyl (C=O) groups is 1. The number of Topliss-reactive ketones (excluding diaryl/α,β-unsaturated/α-hetero) is 1. The summed E-state index contributed by atoms with van der Waals surface area (Å²) in [5.74, 6) is 0.930. The highest BCUT2D eigenvalue weighted by atomic mass is 16.5. The Morgan fingerprint density at radius 1 is 1.04 bits per heavy atom. The van der Waals surface area contributed by atoms with E-state index in [4.69, 9.17) is 4.74 Å². The van der Waals surface area contributed by atoms with Gasteiger partial charge in [-0.3, -0.25) is 4.79 Å². The molecule has 3 rings (SSSR count). The van der Waals surface area contributed by atoms with Crippen LogP contribution in [0.4, 0.5) is 0 Å².